The number of fused-ring (bicyclic) bond motifs is 3. The van der Waals surface area contributed by atoms with Gasteiger partial charge in [-0.05, 0) is 128 Å². The number of H-pyrrole nitrogens is 1. The number of carbonyl (C=O) groups excluding carboxylic acids is 1. The van der Waals surface area contributed by atoms with Crippen LogP contribution < -0.4 is 15.2 Å². The predicted molar refractivity (Wildman–Crippen MR) is 324 cm³/mol. The number of aromatic amines is 1. The van der Waals surface area contributed by atoms with Gasteiger partial charge in [-0.15, -0.1) is 0 Å². The van der Waals surface area contributed by atoms with Crippen molar-refractivity contribution in [3.05, 3.63) is 247 Å². The van der Waals surface area contributed by atoms with Gasteiger partial charge in [0.2, 0.25) is 12.7 Å². The number of nitrogens with one attached hydrogen (secondary N) is 1. The van der Waals surface area contributed by atoms with Gasteiger partial charge in [0, 0.05) is 75.8 Å². The Balaban J connectivity index is 0.000000123. The second-order valence-electron chi connectivity index (χ2n) is 19.2. The van der Waals surface area contributed by atoms with Crippen molar-refractivity contribution in [3.8, 4) is 68.0 Å². The Morgan fingerprint density at radius 3 is 2.12 bits per heavy atom. The predicted octanol–water partition coefficient (Wildman–Crippen LogP) is 12.7. The van der Waals surface area contributed by atoms with Gasteiger partial charge >= 0.3 is 0 Å². The van der Waals surface area contributed by atoms with Gasteiger partial charge < -0.3 is 20.2 Å². The number of ether oxygens (including phenoxy) is 2. The number of aliphatic imine (C=N–C) groups is 1. The number of aromatic nitrogens is 10. The molecule has 0 fully saturated rings. The fourth-order valence-electron chi connectivity index (χ4n) is 9.63. The number of primary amides is 1. The van der Waals surface area contributed by atoms with Gasteiger partial charge in [0.05, 0.1) is 63.0 Å². The quantitative estimate of drug-likeness (QED) is 0.123. The highest BCUT2D eigenvalue weighted by Gasteiger charge is 2.23. The second kappa shape index (κ2) is 23.3. The van der Waals surface area contributed by atoms with Crippen molar-refractivity contribution in [2.75, 3.05) is 13.3 Å². The highest BCUT2D eigenvalue weighted by molar-refractivity contribution is 7.80. The molecule has 14 rings (SSSR count). The van der Waals surface area contributed by atoms with Crippen LogP contribution in [0.1, 0.15) is 38.7 Å². The summed E-state index contributed by atoms with van der Waals surface area (Å²) in [5.41, 5.74) is 23.1. The first-order valence-corrected chi connectivity index (χ1v) is 26.8. The van der Waals surface area contributed by atoms with E-state index in [-0.39, 0.29) is 6.79 Å². The normalized spacial score (nSPS) is 12.2. The highest BCUT2D eigenvalue weighted by Crippen LogP contribution is 2.40. The van der Waals surface area contributed by atoms with Crippen LogP contribution in [0.2, 0.25) is 0 Å². The number of allylic oxidation sites excluding steroid dienone is 1. The summed E-state index contributed by atoms with van der Waals surface area (Å²) < 4.78 is 12.7. The fraction of sp³-hybridized carbons (Fsp3) is 0.0758. The van der Waals surface area contributed by atoms with E-state index in [9.17, 15) is 4.79 Å². The van der Waals surface area contributed by atoms with Gasteiger partial charge in [-0.1, -0.05) is 97.2 Å². The Labute approximate surface area is 477 Å². The van der Waals surface area contributed by atoms with Crippen LogP contribution in [-0.4, -0.2) is 79.6 Å². The molecule has 0 radical (unpaired) electrons. The number of thiocarbonyl (C=S) groups is 1. The molecule has 82 heavy (non-hydrogen) atoms. The van der Waals surface area contributed by atoms with Gasteiger partial charge in [-0.2, -0.15) is 5.10 Å². The SMILES string of the molecule is Cc1cccc(-c2nn(C(=S)Cc3ccccc3)cc2-c2ccnc3ccccc23)n1.Cc1cccc(C2=NCC=C2c2ccc3ncccc3n2)n1.NC(=O)c1ccc(-c2nc(-c3ccc4c(c3)OCO4)c(-c3ccccn3)[nH]2)cc1. The maximum atomic E-state index is 11.3. The van der Waals surface area contributed by atoms with E-state index in [4.69, 9.17) is 47.5 Å². The standard InChI is InChI=1S/C26H20N4S.C22H16N4O3.C18H14N4/c1-18-8-7-13-24(28-18)26-22(20-14-15-27-23-12-6-5-11-21(20)23)17-30(29-26)25(31)16-19-9-3-2-4-10-19;23-21(27)13-4-6-14(7-5-13)22-25-19(20(26-22)16-3-1-2-10-24-16)15-8-9-17-18(11-15)29-12-28-17;1-12-4-2-5-17(21-12)18-13(9-11-20-18)14-7-8-15-16(22-14)6-3-10-19-15/h2-15,17H,16H2,1H3;1-11H,12H2,(H2,23,27)(H,25,26);2-10H,11H2,1H3. The Hall–Kier alpha value is -10.7. The molecule has 0 aliphatic carbocycles. The van der Waals surface area contributed by atoms with Crippen molar-refractivity contribution in [2.24, 2.45) is 10.7 Å². The molecule has 0 unspecified atom stereocenters. The van der Waals surface area contributed by atoms with E-state index in [0.29, 0.717) is 35.9 Å². The second-order valence-corrected chi connectivity index (χ2v) is 19.6. The molecule has 0 spiro atoms. The van der Waals surface area contributed by atoms with E-state index in [1.54, 1.807) is 24.5 Å². The van der Waals surface area contributed by atoms with Gasteiger partial charge in [-0.25, -0.2) is 14.6 Å². The first-order valence-electron chi connectivity index (χ1n) is 26.4. The molecule has 4 aromatic carbocycles. The number of imidazole rings is 1. The Morgan fingerprint density at radius 2 is 1.32 bits per heavy atom. The smallest absolute Gasteiger partial charge is 0.248 e. The lowest BCUT2D eigenvalue weighted by atomic mass is 10.0. The average Bonchev–Trinajstić information content (AvgIpc) is 4.57. The van der Waals surface area contributed by atoms with Crippen LogP contribution in [-0.2, 0) is 6.42 Å². The summed E-state index contributed by atoms with van der Waals surface area (Å²) in [6.07, 6.45) is 10.1. The molecular formula is C66H50N12O3S. The number of nitrogens with two attached hydrogens (primary N) is 1. The number of rotatable bonds is 10. The Bertz CT molecular complexity index is 4400. The van der Waals surface area contributed by atoms with Gasteiger partial charge in [0.15, 0.2) is 11.5 Å². The van der Waals surface area contributed by atoms with E-state index >= 15 is 0 Å². The molecule has 0 bridgehead atoms. The van der Waals surface area contributed by atoms with Crippen LogP contribution >= 0.6 is 12.2 Å². The van der Waals surface area contributed by atoms with Gasteiger partial charge in [-0.3, -0.25) is 34.7 Å². The maximum absolute atomic E-state index is 11.3. The number of para-hydroxylation sites is 1. The van der Waals surface area contributed by atoms with E-state index in [1.165, 1.54) is 0 Å². The third-order valence-corrected chi connectivity index (χ3v) is 13.9. The lowest BCUT2D eigenvalue weighted by Gasteiger charge is -2.08. The van der Waals surface area contributed by atoms with Gasteiger partial charge in [0.1, 0.15) is 16.5 Å². The van der Waals surface area contributed by atoms with Crippen LogP contribution in [0.3, 0.4) is 0 Å². The summed E-state index contributed by atoms with van der Waals surface area (Å²) in [6, 6.07) is 58.7. The van der Waals surface area contributed by atoms with Crippen molar-refractivity contribution >= 4 is 56.3 Å². The molecular weight excluding hydrogens is 1040 g/mol. The molecule has 12 aromatic rings. The third kappa shape index (κ3) is 11.3. The van der Waals surface area contributed by atoms with Crippen LogP contribution in [0, 0.1) is 13.8 Å². The largest absolute Gasteiger partial charge is 0.454 e. The summed E-state index contributed by atoms with van der Waals surface area (Å²) in [6.45, 7) is 4.86. The molecule has 16 heteroatoms. The number of pyridine rings is 6. The lowest BCUT2D eigenvalue weighted by molar-refractivity contribution is 0.1000. The van der Waals surface area contributed by atoms with Gasteiger partial charge in [0.25, 0.3) is 0 Å². The summed E-state index contributed by atoms with van der Waals surface area (Å²) in [4.78, 5) is 52.2. The van der Waals surface area contributed by atoms with Crippen LogP contribution in [0.5, 0.6) is 11.5 Å². The van der Waals surface area contributed by atoms with E-state index in [1.807, 2.05) is 183 Å². The number of carbonyl (C=O) groups is 1. The van der Waals surface area contributed by atoms with Crippen molar-refractivity contribution in [2.45, 2.75) is 20.3 Å². The molecule has 398 valence electrons. The third-order valence-electron chi connectivity index (χ3n) is 13.6. The number of amides is 1. The Kier molecular flexibility index (Phi) is 14.8. The van der Waals surface area contributed by atoms with E-state index in [0.717, 1.165) is 117 Å². The molecule has 1 amide bonds. The Morgan fingerprint density at radius 1 is 0.598 bits per heavy atom. The molecule has 0 saturated heterocycles. The number of benzene rings is 4. The molecule has 0 atom stereocenters. The number of hydrogen-bond acceptors (Lipinski definition) is 13. The number of aryl methyl sites for hydroxylation is 2. The molecule has 15 nitrogen and oxygen atoms in total. The van der Waals surface area contributed by atoms with Crippen molar-refractivity contribution in [3.63, 3.8) is 0 Å². The minimum atomic E-state index is -0.466. The maximum Gasteiger partial charge on any atom is 0.248 e. The van der Waals surface area contributed by atoms with Crippen LogP contribution in [0.25, 0.3) is 84.1 Å². The van der Waals surface area contributed by atoms with E-state index < -0.39 is 5.91 Å². The molecule has 8 aromatic heterocycles. The zero-order chi connectivity index (χ0) is 55.9. The van der Waals surface area contributed by atoms with Crippen molar-refractivity contribution in [1.82, 2.24) is 49.7 Å². The van der Waals surface area contributed by atoms with Crippen LogP contribution in [0.4, 0.5) is 0 Å². The fourth-order valence-corrected chi connectivity index (χ4v) is 9.89. The van der Waals surface area contributed by atoms with E-state index in [2.05, 4.69) is 54.2 Å². The summed E-state index contributed by atoms with van der Waals surface area (Å²) in [5.74, 6) is 1.59. The average molecular weight is 1090 g/mol. The van der Waals surface area contributed by atoms with Crippen molar-refractivity contribution in [1.29, 1.82) is 0 Å². The zero-order valence-corrected chi connectivity index (χ0v) is 45.3. The first-order chi connectivity index (χ1) is 40.2. The monoisotopic (exact) mass is 1090 g/mol. The molecule has 2 aliphatic heterocycles. The molecule has 0 saturated carbocycles. The summed E-state index contributed by atoms with van der Waals surface area (Å²) >= 11 is 5.76. The van der Waals surface area contributed by atoms with Crippen molar-refractivity contribution < 1.29 is 14.3 Å². The zero-order valence-electron chi connectivity index (χ0n) is 44.5. The topological polar surface area (TPSA) is 198 Å². The summed E-state index contributed by atoms with van der Waals surface area (Å²) in [7, 11) is 0. The molecule has 2 aliphatic rings. The minimum Gasteiger partial charge on any atom is -0.454 e. The lowest BCUT2D eigenvalue weighted by Crippen LogP contribution is -2.12. The molecule has 10 heterocycles. The summed E-state index contributed by atoms with van der Waals surface area (Å²) in [5, 5.41) is 5.97. The van der Waals surface area contributed by atoms with Crippen LogP contribution in [0.15, 0.2) is 218 Å². The number of nitrogens with zero attached hydrogens (tertiary/aromatic N) is 10. The first kappa shape index (κ1) is 52.0. The highest BCUT2D eigenvalue weighted by atomic mass is 32.1. The molecule has 3 N–H and O–H groups in total. The minimum absolute atomic E-state index is 0.212. The number of hydrogen-bond donors (Lipinski definition) is 2.